The molecule has 0 spiro atoms. The predicted molar refractivity (Wildman–Crippen MR) is 208 cm³/mol. The van der Waals surface area contributed by atoms with Gasteiger partial charge in [0.2, 0.25) is 11.8 Å². The van der Waals surface area contributed by atoms with Crippen LogP contribution in [0.1, 0.15) is 52.8 Å². The Kier molecular flexibility index (Phi) is 11.1. The number of aromatic hydroxyl groups is 1. The zero-order valence-electron chi connectivity index (χ0n) is 30.5. The number of pyridine rings is 2. The number of unbranched alkanes of at least 4 members (excludes halogenated alkanes) is 2. The molecule has 3 aromatic carbocycles. The van der Waals surface area contributed by atoms with Gasteiger partial charge < -0.3 is 19.3 Å². The second kappa shape index (κ2) is 16.4. The van der Waals surface area contributed by atoms with Gasteiger partial charge in [0.05, 0.1) is 18.8 Å². The number of alkyl halides is 3. The van der Waals surface area contributed by atoms with Crippen LogP contribution in [0.25, 0.3) is 21.8 Å². The molecular formula is C43H43F3N4O4S. The highest BCUT2D eigenvalue weighted by Crippen LogP contribution is 2.38. The minimum Gasteiger partial charge on any atom is -0.506 e. The highest BCUT2D eigenvalue weighted by molar-refractivity contribution is 7.10. The maximum atomic E-state index is 13.1. The van der Waals surface area contributed by atoms with Gasteiger partial charge in [-0.2, -0.15) is 13.2 Å². The minimum atomic E-state index is -4.32. The van der Waals surface area contributed by atoms with E-state index in [0.717, 1.165) is 81.3 Å². The van der Waals surface area contributed by atoms with Crippen LogP contribution >= 0.6 is 11.3 Å². The number of benzene rings is 3. The van der Waals surface area contributed by atoms with Crippen molar-refractivity contribution < 1.29 is 32.5 Å². The van der Waals surface area contributed by atoms with E-state index in [1.54, 1.807) is 18.2 Å². The molecular weight excluding hydrogens is 726 g/mol. The summed E-state index contributed by atoms with van der Waals surface area (Å²) in [5.74, 6) is 2.07. The Hall–Kier alpha value is -4.91. The molecule has 0 amide bonds. The summed E-state index contributed by atoms with van der Waals surface area (Å²) in [6.07, 6.45) is 1.09. The van der Waals surface area contributed by atoms with Crippen molar-refractivity contribution in [3.05, 3.63) is 111 Å². The van der Waals surface area contributed by atoms with E-state index >= 15 is 0 Å². The van der Waals surface area contributed by atoms with E-state index in [-0.39, 0.29) is 5.75 Å². The summed E-state index contributed by atoms with van der Waals surface area (Å²) in [7, 11) is 0. The Morgan fingerprint density at radius 1 is 0.691 bits per heavy atom. The third-order valence-electron chi connectivity index (χ3n) is 10.4. The van der Waals surface area contributed by atoms with E-state index in [0.29, 0.717) is 65.9 Å². The van der Waals surface area contributed by atoms with Crippen molar-refractivity contribution in [3.63, 3.8) is 0 Å². The molecule has 2 aliphatic heterocycles. The Bertz CT molecular complexity index is 2280. The molecule has 2 aliphatic rings. The molecule has 286 valence electrons. The summed E-state index contributed by atoms with van der Waals surface area (Å²) < 4.78 is 57.8. The van der Waals surface area contributed by atoms with Crippen LogP contribution in [0.5, 0.6) is 29.0 Å². The number of ether oxygens (including phenoxy) is 3. The molecule has 8 rings (SSSR count). The molecule has 0 radical (unpaired) electrons. The maximum absolute atomic E-state index is 13.1. The third-order valence-corrected chi connectivity index (χ3v) is 11.4. The molecule has 0 atom stereocenters. The number of phenols is 1. The summed E-state index contributed by atoms with van der Waals surface area (Å²) in [5.41, 5.74) is 3.69. The molecule has 6 aromatic rings. The van der Waals surface area contributed by atoms with Gasteiger partial charge in [-0.05, 0) is 122 Å². The topological polar surface area (TPSA) is 80.2 Å². The van der Waals surface area contributed by atoms with Gasteiger partial charge in [-0.3, -0.25) is 9.80 Å². The number of hydrogen-bond acceptors (Lipinski definition) is 9. The molecule has 5 heterocycles. The summed E-state index contributed by atoms with van der Waals surface area (Å²) in [4.78, 5) is 15.7. The van der Waals surface area contributed by atoms with Gasteiger partial charge in [0.1, 0.15) is 22.5 Å². The Labute approximate surface area is 322 Å². The maximum Gasteiger partial charge on any atom is 0.416 e. The van der Waals surface area contributed by atoms with Crippen LogP contribution in [0, 0.1) is 0 Å². The average molecular weight is 769 g/mol. The first kappa shape index (κ1) is 37.0. The monoisotopic (exact) mass is 768 g/mol. The van der Waals surface area contributed by atoms with Crippen LogP contribution in [-0.2, 0) is 32.1 Å². The molecule has 0 bridgehead atoms. The highest BCUT2D eigenvalue weighted by atomic mass is 32.1. The first-order valence-electron chi connectivity index (χ1n) is 18.9. The number of phenolic OH excluding ortho intramolecular Hbond substituents is 1. The van der Waals surface area contributed by atoms with Crippen molar-refractivity contribution in [1.29, 1.82) is 0 Å². The number of nitrogens with zero attached hydrogens (tertiary/aromatic N) is 4. The van der Waals surface area contributed by atoms with Crippen LogP contribution in [0.4, 0.5) is 13.2 Å². The molecule has 12 heteroatoms. The average Bonchev–Trinajstić information content (AvgIpc) is 3.66. The standard InChI is InChI=1S/C43H43F3N4O4S/c44-43(45,46)33-10-8-31-27-49(21-16-30(31)26-33)19-1-3-23-52-39-14-9-29-6-5-7-37(41(29)47-39)54-36-13-12-35(51)42-34(36)11-15-40(48-42)53-24-4-2-20-50-22-17-38-32(28-50)18-25-55-38/h5-15,18,25-26,51H,1-4,16-17,19-24,27-28H2. The number of rotatable bonds is 14. The molecule has 0 saturated heterocycles. The molecule has 0 aliphatic carbocycles. The van der Waals surface area contributed by atoms with Gasteiger partial charge in [0, 0.05) is 54.0 Å². The fourth-order valence-corrected chi connectivity index (χ4v) is 8.31. The molecule has 8 nitrogen and oxygen atoms in total. The summed E-state index contributed by atoms with van der Waals surface area (Å²) in [6.45, 7) is 6.44. The lowest BCUT2D eigenvalue weighted by atomic mass is 9.97. The van der Waals surface area contributed by atoms with E-state index in [2.05, 4.69) is 26.2 Å². The van der Waals surface area contributed by atoms with Crippen LogP contribution in [0.15, 0.2) is 84.2 Å². The number of para-hydroxylation sites is 1. The number of hydrogen-bond donors (Lipinski definition) is 1. The van der Waals surface area contributed by atoms with Crippen LogP contribution in [-0.4, -0.2) is 64.3 Å². The molecule has 0 fully saturated rings. The Morgan fingerprint density at radius 3 is 2.20 bits per heavy atom. The lowest BCUT2D eigenvalue weighted by Crippen LogP contribution is -2.31. The molecule has 0 unspecified atom stereocenters. The quantitative estimate of drug-likeness (QED) is 0.110. The fourth-order valence-electron chi connectivity index (χ4n) is 7.42. The number of fused-ring (bicyclic) bond motifs is 4. The minimum absolute atomic E-state index is 0.0436. The van der Waals surface area contributed by atoms with Crippen molar-refractivity contribution in [2.45, 2.75) is 57.8 Å². The lowest BCUT2D eigenvalue weighted by molar-refractivity contribution is -0.137. The predicted octanol–water partition coefficient (Wildman–Crippen LogP) is 9.80. The van der Waals surface area contributed by atoms with Gasteiger partial charge in [0.25, 0.3) is 0 Å². The van der Waals surface area contributed by atoms with Gasteiger partial charge in [0.15, 0.2) is 5.75 Å². The van der Waals surface area contributed by atoms with Crippen LogP contribution in [0.2, 0.25) is 0 Å². The van der Waals surface area contributed by atoms with E-state index < -0.39 is 11.7 Å². The van der Waals surface area contributed by atoms with Gasteiger partial charge in [-0.15, -0.1) is 11.3 Å². The number of aromatic nitrogens is 2. The third kappa shape index (κ3) is 8.82. The van der Waals surface area contributed by atoms with Crippen molar-refractivity contribution >= 4 is 33.1 Å². The Balaban J connectivity index is 0.836. The van der Waals surface area contributed by atoms with Crippen LogP contribution < -0.4 is 14.2 Å². The summed E-state index contributed by atoms with van der Waals surface area (Å²) >= 11 is 1.86. The zero-order chi connectivity index (χ0) is 37.8. The normalized spacial score (nSPS) is 14.9. The summed E-state index contributed by atoms with van der Waals surface area (Å²) in [6, 6.07) is 22.8. The van der Waals surface area contributed by atoms with Crippen molar-refractivity contribution in [2.24, 2.45) is 0 Å². The van der Waals surface area contributed by atoms with Gasteiger partial charge in [-0.25, -0.2) is 9.97 Å². The van der Waals surface area contributed by atoms with E-state index in [1.165, 1.54) is 22.6 Å². The summed E-state index contributed by atoms with van der Waals surface area (Å²) in [5, 5.41) is 14.5. The van der Waals surface area contributed by atoms with E-state index in [1.807, 2.05) is 53.8 Å². The molecule has 0 saturated carbocycles. The number of halogens is 3. The van der Waals surface area contributed by atoms with Crippen LogP contribution in [0.3, 0.4) is 0 Å². The zero-order valence-corrected chi connectivity index (χ0v) is 31.3. The van der Waals surface area contributed by atoms with Crippen molar-refractivity contribution in [2.75, 3.05) is 39.4 Å². The van der Waals surface area contributed by atoms with Crippen molar-refractivity contribution in [1.82, 2.24) is 19.8 Å². The largest absolute Gasteiger partial charge is 0.506 e. The fraction of sp³-hybridized carbons (Fsp3) is 0.349. The second-order valence-corrected chi connectivity index (χ2v) is 15.2. The first-order valence-corrected chi connectivity index (χ1v) is 19.8. The smallest absolute Gasteiger partial charge is 0.416 e. The first-order chi connectivity index (χ1) is 26.8. The van der Waals surface area contributed by atoms with Gasteiger partial charge in [-0.1, -0.05) is 18.2 Å². The van der Waals surface area contributed by atoms with Crippen molar-refractivity contribution in [3.8, 4) is 29.0 Å². The molecule has 55 heavy (non-hydrogen) atoms. The lowest BCUT2D eigenvalue weighted by Gasteiger charge is -2.29. The molecule has 1 N–H and O–H groups in total. The molecule has 3 aromatic heterocycles. The van der Waals surface area contributed by atoms with E-state index in [4.69, 9.17) is 19.2 Å². The Morgan fingerprint density at radius 2 is 1.42 bits per heavy atom. The van der Waals surface area contributed by atoms with E-state index in [9.17, 15) is 18.3 Å². The highest BCUT2D eigenvalue weighted by Gasteiger charge is 2.31. The second-order valence-electron chi connectivity index (χ2n) is 14.2. The number of thiophene rings is 1. The van der Waals surface area contributed by atoms with Gasteiger partial charge >= 0.3 is 6.18 Å². The SMILES string of the molecule is Oc1ccc(Oc2cccc3ccc(OCCCCN4CCc5cc(C(F)(F)F)ccc5C4)nc23)c2ccc(OCCCCN3CCc4sccc4C3)nc12.